The molecule has 92 valence electrons. The molecule has 16 heavy (non-hydrogen) atoms. The van der Waals surface area contributed by atoms with Gasteiger partial charge >= 0.3 is 0 Å². The predicted molar refractivity (Wildman–Crippen MR) is 62.4 cm³/mol. The Morgan fingerprint density at radius 2 is 2.19 bits per heavy atom. The van der Waals surface area contributed by atoms with Crippen molar-refractivity contribution in [1.29, 1.82) is 0 Å². The fraction of sp³-hybridized carbons (Fsp3) is 0.800. The second-order valence-electron chi connectivity index (χ2n) is 4.26. The zero-order chi connectivity index (χ0) is 10.7. The molecule has 0 saturated carbocycles. The largest absolute Gasteiger partial charge is 0.355 e. The number of nitrogens with one attached hydrogen (secondary N) is 3. The van der Waals surface area contributed by atoms with E-state index in [4.69, 9.17) is 0 Å². The van der Waals surface area contributed by atoms with E-state index < -0.39 is 0 Å². The van der Waals surface area contributed by atoms with Crippen molar-refractivity contribution in [1.82, 2.24) is 16.0 Å². The summed E-state index contributed by atoms with van der Waals surface area (Å²) in [6.07, 6.45) is 2.48. The number of rotatable bonds is 2. The maximum atomic E-state index is 11.7. The van der Waals surface area contributed by atoms with Gasteiger partial charge in [0.05, 0.1) is 5.92 Å². The van der Waals surface area contributed by atoms with E-state index in [1.807, 2.05) is 0 Å². The summed E-state index contributed by atoms with van der Waals surface area (Å²) < 4.78 is 0. The van der Waals surface area contributed by atoms with Crippen LogP contribution in [-0.4, -0.2) is 37.5 Å². The highest BCUT2D eigenvalue weighted by atomic mass is 35.5. The lowest BCUT2D eigenvalue weighted by molar-refractivity contribution is -0.127. The van der Waals surface area contributed by atoms with Crippen LogP contribution < -0.4 is 16.0 Å². The third kappa shape index (κ3) is 3.35. The van der Waals surface area contributed by atoms with E-state index in [9.17, 15) is 9.59 Å². The Bertz CT molecular complexity index is 267. The van der Waals surface area contributed by atoms with Crippen LogP contribution in [0.1, 0.15) is 19.3 Å². The highest BCUT2D eigenvalue weighted by molar-refractivity contribution is 5.89. The zero-order valence-corrected chi connectivity index (χ0v) is 9.94. The quantitative estimate of drug-likeness (QED) is 0.611. The van der Waals surface area contributed by atoms with E-state index in [-0.39, 0.29) is 36.2 Å². The summed E-state index contributed by atoms with van der Waals surface area (Å²) in [6.45, 7) is 2.38. The van der Waals surface area contributed by atoms with Gasteiger partial charge in [0.25, 0.3) is 0 Å². The Labute approximate surface area is 101 Å². The van der Waals surface area contributed by atoms with Crippen molar-refractivity contribution in [2.75, 3.05) is 19.6 Å². The van der Waals surface area contributed by atoms with Crippen LogP contribution in [0.25, 0.3) is 0 Å². The smallest absolute Gasteiger partial charge is 0.225 e. The molecule has 5 nitrogen and oxygen atoms in total. The lowest BCUT2D eigenvalue weighted by Crippen LogP contribution is -2.47. The Morgan fingerprint density at radius 3 is 2.75 bits per heavy atom. The van der Waals surface area contributed by atoms with Crippen LogP contribution in [0.15, 0.2) is 0 Å². The van der Waals surface area contributed by atoms with Crippen molar-refractivity contribution in [3.8, 4) is 0 Å². The van der Waals surface area contributed by atoms with Gasteiger partial charge in [-0.3, -0.25) is 9.59 Å². The molecule has 2 saturated heterocycles. The van der Waals surface area contributed by atoms with Crippen molar-refractivity contribution < 1.29 is 9.59 Å². The Morgan fingerprint density at radius 1 is 1.38 bits per heavy atom. The molecule has 0 radical (unpaired) electrons. The molecule has 0 bridgehead atoms. The maximum Gasteiger partial charge on any atom is 0.225 e. The monoisotopic (exact) mass is 247 g/mol. The number of amides is 2. The van der Waals surface area contributed by atoms with E-state index in [0.29, 0.717) is 13.0 Å². The average molecular weight is 248 g/mol. The topological polar surface area (TPSA) is 70.2 Å². The molecule has 0 spiro atoms. The lowest BCUT2D eigenvalue weighted by atomic mass is 10.0. The minimum absolute atomic E-state index is 0. The van der Waals surface area contributed by atoms with Crippen LogP contribution in [0.2, 0.25) is 0 Å². The van der Waals surface area contributed by atoms with Gasteiger partial charge in [0, 0.05) is 25.6 Å². The zero-order valence-electron chi connectivity index (χ0n) is 9.12. The van der Waals surface area contributed by atoms with Gasteiger partial charge in [-0.25, -0.2) is 0 Å². The van der Waals surface area contributed by atoms with E-state index >= 15 is 0 Å². The Balaban J connectivity index is 0.00000128. The van der Waals surface area contributed by atoms with Crippen molar-refractivity contribution in [3.63, 3.8) is 0 Å². The van der Waals surface area contributed by atoms with Gasteiger partial charge in [0.1, 0.15) is 0 Å². The molecule has 2 aliphatic heterocycles. The molecule has 6 heteroatoms. The van der Waals surface area contributed by atoms with Crippen LogP contribution in [-0.2, 0) is 9.59 Å². The first-order valence-electron chi connectivity index (χ1n) is 5.53. The van der Waals surface area contributed by atoms with Gasteiger partial charge in [0.15, 0.2) is 0 Å². The summed E-state index contributed by atoms with van der Waals surface area (Å²) in [5.74, 6) is -0.168. The highest BCUT2D eigenvalue weighted by Crippen LogP contribution is 2.10. The molecule has 2 amide bonds. The lowest BCUT2D eigenvalue weighted by Gasteiger charge is -2.24. The van der Waals surface area contributed by atoms with Crippen molar-refractivity contribution in [3.05, 3.63) is 0 Å². The maximum absolute atomic E-state index is 11.7. The first-order valence-corrected chi connectivity index (χ1v) is 5.53. The van der Waals surface area contributed by atoms with E-state index in [2.05, 4.69) is 16.0 Å². The molecule has 0 aromatic carbocycles. The number of hydrogen-bond acceptors (Lipinski definition) is 3. The first kappa shape index (κ1) is 13.3. The predicted octanol–water partition coefficient (Wildman–Crippen LogP) is -0.587. The molecule has 2 heterocycles. The SMILES string of the molecule is Cl.O=C1CC(C(=O)N[C@@H]2CCCNC2)CN1. The molecule has 2 fully saturated rings. The minimum atomic E-state index is -0.167. The van der Waals surface area contributed by atoms with Gasteiger partial charge in [0.2, 0.25) is 11.8 Å². The summed E-state index contributed by atoms with van der Waals surface area (Å²) in [5, 5.41) is 8.90. The summed E-state index contributed by atoms with van der Waals surface area (Å²) >= 11 is 0. The fourth-order valence-corrected chi connectivity index (χ4v) is 2.08. The van der Waals surface area contributed by atoms with Crippen molar-refractivity contribution in [2.45, 2.75) is 25.3 Å². The molecule has 3 N–H and O–H groups in total. The van der Waals surface area contributed by atoms with Gasteiger partial charge in [-0.2, -0.15) is 0 Å². The van der Waals surface area contributed by atoms with E-state index in [1.54, 1.807) is 0 Å². The highest BCUT2D eigenvalue weighted by Gasteiger charge is 2.29. The molecule has 2 rings (SSSR count). The number of carbonyl (C=O) groups excluding carboxylic acids is 2. The van der Waals surface area contributed by atoms with Crippen LogP contribution in [0.5, 0.6) is 0 Å². The molecule has 0 aromatic heterocycles. The molecular weight excluding hydrogens is 230 g/mol. The number of piperidine rings is 1. The van der Waals surface area contributed by atoms with E-state index in [0.717, 1.165) is 25.9 Å². The molecule has 0 aliphatic carbocycles. The molecule has 2 aliphatic rings. The number of carbonyl (C=O) groups is 2. The number of hydrogen-bond donors (Lipinski definition) is 3. The van der Waals surface area contributed by atoms with Gasteiger partial charge in [-0.1, -0.05) is 0 Å². The van der Waals surface area contributed by atoms with Crippen molar-refractivity contribution in [2.24, 2.45) is 5.92 Å². The molecule has 2 atom stereocenters. The molecular formula is C10H18ClN3O2. The van der Waals surface area contributed by atoms with Crippen molar-refractivity contribution >= 4 is 24.2 Å². The van der Waals surface area contributed by atoms with Gasteiger partial charge in [-0.15, -0.1) is 12.4 Å². The normalized spacial score (nSPS) is 29.1. The third-order valence-corrected chi connectivity index (χ3v) is 2.99. The van der Waals surface area contributed by atoms with Crippen LogP contribution >= 0.6 is 12.4 Å². The number of halogens is 1. The summed E-state index contributed by atoms with van der Waals surface area (Å²) in [5.41, 5.74) is 0. The van der Waals surface area contributed by atoms with Crippen LogP contribution in [0.3, 0.4) is 0 Å². The Kier molecular flexibility index (Phi) is 5.02. The van der Waals surface area contributed by atoms with Crippen LogP contribution in [0.4, 0.5) is 0 Å². The summed E-state index contributed by atoms with van der Waals surface area (Å²) in [6, 6.07) is 0.238. The van der Waals surface area contributed by atoms with Gasteiger partial charge < -0.3 is 16.0 Å². The minimum Gasteiger partial charge on any atom is -0.355 e. The molecule has 1 unspecified atom stereocenters. The first-order chi connectivity index (χ1) is 7.25. The second kappa shape index (κ2) is 6.06. The van der Waals surface area contributed by atoms with Crippen LogP contribution in [0, 0.1) is 5.92 Å². The summed E-state index contributed by atoms with van der Waals surface area (Å²) in [7, 11) is 0. The van der Waals surface area contributed by atoms with Gasteiger partial charge in [-0.05, 0) is 19.4 Å². The average Bonchev–Trinajstić information content (AvgIpc) is 2.66. The second-order valence-corrected chi connectivity index (χ2v) is 4.26. The standard InChI is InChI=1S/C10H17N3O2.ClH/c14-9-4-7(5-12-9)10(15)13-8-2-1-3-11-6-8;/h7-8,11H,1-6H2,(H,12,14)(H,13,15);1H/t7?,8-;/m1./s1. The van der Waals surface area contributed by atoms with E-state index in [1.165, 1.54) is 0 Å². The molecule has 0 aromatic rings. The Hall–Kier alpha value is -0.810. The summed E-state index contributed by atoms with van der Waals surface area (Å²) in [4.78, 5) is 22.7. The third-order valence-electron chi connectivity index (χ3n) is 2.99. The fourth-order valence-electron chi connectivity index (χ4n) is 2.08.